The van der Waals surface area contributed by atoms with Crippen LogP contribution in [0.15, 0.2) is 69.1 Å². The molecule has 0 spiro atoms. The second-order valence-corrected chi connectivity index (χ2v) is 11.7. The lowest BCUT2D eigenvalue weighted by Crippen LogP contribution is -2.35. The van der Waals surface area contributed by atoms with Crippen molar-refractivity contribution in [2.75, 3.05) is 22.2 Å². The normalized spacial score (nSPS) is 14.2. The number of ether oxygens (including phenoxy) is 1. The van der Waals surface area contributed by atoms with Gasteiger partial charge in [-0.05, 0) is 79.2 Å². The zero-order valence-electron chi connectivity index (χ0n) is 16.8. The summed E-state index contributed by atoms with van der Waals surface area (Å²) in [5.74, 6) is 0.599. The van der Waals surface area contributed by atoms with Crippen molar-refractivity contribution in [2.24, 2.45) is 0 Å². The van der Waals surface area contributed by atoms with Crippen molar-refractivity contribution >= 4 is 42.8 Å². The summed E-state index contributed by atoms with van der Waals surface area (Å²) in [7, 11) is -7.42. The van der Waals surface area contributed by atoms with Crippen LogP contribution in [0, 0.1) is 0 Å². The molecule has 1 aliphatic rings. The molecule has 10 heteroatoms. The van der Waals surface area contributed by atoms with E-state index in [2.05, 4.69) is 4.72 Å². The monoisotopic (exact) mass is 478 g/mol. The van der Waals surface area contributed by atoms with E-state index in [0.29, 0.717) is 47.3 Å². The number of rotatable bonds is 7. The van der Waals surface area contributed by atoms with Gasteiger partial charge in [0.15, 0.2) is 0 Å². The minimum atomic E-state index is -3.78. The van der Waals surface area contributed by atoms with E-state index in [4.69, 9.17) is 4.74 Å². The van der Waals surface area contributed by atoms with Crippen molar-refractivity contribution in [1.82, 2.24) is 0 Å². The van der Waals surface area contributed by atoms with E-state index in [1.165, 1.54) is 27.8 Å². The first-order valence-electron chi connectivity index (χ1n) is 9.76. The molecule has 1 aliphatic heterocycles. The van der Waals surface area contributed by atoms with Crippen LogP contribution >= 0.6 is 11.3 Å². The number of aryl methyl sites for hydroxylation is 1. The second kappa shape index (κ2) is 8.52. The van der Waals surface area contributed by atoms with Gasteiger partial charge in [0.1, 0.15) is 9.96 Å². The Bertz CT molecular complexity index is 1270. The maximum atomic E-state index is 13.0. The average molecular weight is 479 g/mol. The quantitative estimate of drug-likeness (QED) is 0.552. The Labute approximate surface area is 186 Å². The summed E-state index contributed by atoms with van der Waals surface area (Å²) < 4.78 is 61.1. The van der Waals surface area contributed by atoms with E-state index in [1.54, 1.807) is 47.8 Å². The van der Waals surface area contributed by atoms with E-state index in [1.807, 2.05) is 6.92 Å². The van der Waals surface area contributed by atoms with Crippen LogP contribution in [-0.4, -0.2) is 30.0 Å². The molecule has 0 saturated carbocycles. The lowest BCUT2D eigenvalue weighted by atomic mass is 10.0. The van der Waals surface area contributed by atoms with Crippen LogP contribution in [0.25, 0.3) is 0 Å². The topological polar surface area (TPSA) is 92.8 Å². The van der Waals surface area contributed by atoms with E-state index >= 15 is 0 Å². The minimum Gasteiger partial charge on any atom is -0.494 e. The minimum absolute atomic E-state index is 0.121. The maximum absolute atomic E-state index is 13.0. The number of nitrogens with zero attached hydrogens (tertiary/aromatic N) is 1. The Morgan fingerprint density at radius 1 is 1.06 bits per heavy atom. The van der Waals surface area contributed by atoms with Crippen molar-refractivity contribution in [2.45, 2.75) is 28.9 Å². The third-order valence-electron chi connectivity index (χ3n) is 4.89. The molecule has 0 atom stereocenters. The number of anilines is 2. The molecular formula is C21H22N2O5S3. The van der Waals surface area contributed by atoms with Crippen molar-refractivity contribution < 1.29 is 21.6 Å². The Balaban J connectivity index is 1.60. The van der Waals surface area contributed by atoms with Crippen LogP contribution in [0.3, 0.4) is 0 Å². The molecule has 31 heavy (non-hydrogen) atoms. The van der Waals surface area contributed by atoms with Crippen LogP contribution in [-0.2, 0) is 26.5 Å². The van der Waals surface area contributed by atoms with Gasteiger partial charge in [-0.2, -0.15) is 0 Å². The number of sulfonamides is 2. The summed E-state index contributed by atoms with van der Waals surface area (Å²) in [6, 6.07) is 14.5. The largest absolute Gasteiger partial charge is 0.494 e. The van der Waals surface area contributed by atoms with Crippen molar-refractivity contribution in [3.63, 3.8) is 0 Å². The van der Waals surface area contributed by atoms with Gasteiger partial charge in [-0.1, -0.05) is 6.07 Å². The van der Waals surface area contributed by atoms with Crippen LogP contribution in [0.1, 0.15) is 18.9 Å². The van der Waals surface area contributed by atoms with Gasteiger partial charge in [0.2, 0.25) is 0 Å². The standard InChI is InChI=1S/C21H22N2O5S3/c1-2-28-18-8-10-19(11-9-18)30(24,25)22-17-7-12-20-16(15-17)5-3-13-23(20)31(26,27)21-6-4-14-29-21/h4,6-12,14-15,22H,2-3,5,13H2,1H3. The second-order valence-electron chi connectivity index (χ2n) is 6.97. The van der Waals surface area contributed by atoms with E-state index in [9.17, 15) is 16.8 Å². The van der Waals surface area contributed by atoms with Gasteiger partial charge in [0.05, 0.1) is 17.2 Å². The van der Waals surface area contributed by atoms with Crippen LogP contribution in [0.5, 0.6) is 5.75 Å². The van der Waals surface area contributed by atoms with E-state index in [0.717, 1.165) is 5.56 Å². The summed E-state index contributed by atoms with van der Waals surface area (Å²) in [5, 5.41) is 1.73. The number of benzene rings is 2. The summed E-state index contributed by atoms with van der Waals surface area (Å²) in [4.78, 5) is 0.121. The number of nitrogens with one attached hydrogen (secondary N) is 1. The van der Waals surface area contributed by atoms with E-state index in [-0.39, 0.29) is 4.90 Å². The van der Waals surface area contributed by atoms with Crippen molar-refractivity contribution in [3.05, 3.63) is 65.5 Å². The number of thiophene rings is 1. The summed E-state index contributed by atoms with van der Waals surface area (Å²) in [6.07, 6.45) is 1.33. The van der Waals surface area contributed by atoms with Crippen LogP contribution < -0.4 is 13.8 Å². The molecule has 3 aromatic rings. The van der Waals surface area contributed by atoms with Gasteiger partial charge in [-0.3, -0.25) is 9.03 Å². The smallest absolute Gasteiger partial charge is 0.273 e. The van der Waals surface area contributed by atoms with Gasteiger partial charge in [0, 0.05) is 12.2 Å². The molecular weight excluding hydrogens is 456 g/mol. The fourth-order valence-corrected chi connectivity index (χ4v) is 7.19. The molecule has 4 rings (SSSR count). The first-order chi connectivity index (χ1) is 14.8. The van der Waals surface area contributed by atoms with Gasteiger partial charge in [-0.15, -0.1) is 11.3 Å². The van der Waals surface area contributed by atoms with Gasteiger partial charge < -0.3 is 4.74 Å². The zero-order chi connectivity index (χ0) is 22.1. The predicted molar refractivity (Wildman–Crippen MR) is 122 cm³/mol. The molecule has 1 N–H and O–H groups in total. The first-order valence-corrected chi connectivity index (χ1v) is 13.6. The molecule has 2 heterocycles. The van der Waals surface area contributed by atoms with E-state index < -0.39 is 20.0 Å². The lowest BCUT2D eigenvalue weighted by Gasteiger charge is -2.30. The highest BCUT2D eigenvalue weighted by molar-refractivity contribution is 7.94. The number of hydrogen-bond donors (Lipinski definition) is 1. The zero-order valence-corrected chi connectivity index (χ0v) is 19.3. The maximum Gasteiger partial charge on any atom is 0.273 e. The SMILES string of the molecule is CCOc1ccc(S(=O)(=O)Nc2ccc3c(c2)CCCN3S(=O)(=O)c2cccs2)cc1. The molecule has 0 bridgehead atoms. The Morgan fingerprint density at radius 2 is 1.84 bits per heavy atom. The highest BCUT2D eigenvalue weighted by Crippen LogP contribution is 2.35. The average Bonchev–Trinajstić information content (AvgIpc) is 3.29. The van der Waals surface area contributed by atoms with Crippen LogP contribution in [0.4, 0.5) is 11.4 Å². The fourth-order valence-electron chi connectivity index (χ4n) is 3.49. The van der Waals surface area contributed by atoms with Crippen molar-refractivity contribution in [3.8, 4) is 5.75 Å². The molecule has 164 valence electrons. The van der Waals surface area contributed by atoms with Gasteiger partial charge >= 0.3 is 0 Å². The molecule has 0 radical (unpaired) electrons. The molecule has 7 nitrogen and oxygen atoms in total. The summed E-state index contributed by atoms with van der Waals surface area (Å²) in [6.45, 7) is 2.75. The Morgan fingerprint density at radius 3 is 2.52 bits per heavy atom. The van der Waals surface area contributed by atoms with Crippen molar-refractivity contribution in [1.29, 1.82) is 0 Å². The highest BCUT2D eigenvalue weighted by Gasteiger charge is 2.30. The molecule has 1 aromatic heterocycles. The molecule has 0 saturated heterocycles. The third-order valence-corrected chi connectivity index (χ3v) is 9.48. The molecule has 0 unspecified atom stereocenters. The molecule has 0 fully saturated rings. The highest BCUT2D eigenvalue weighted by atomic mass is 32.2. The Hall–Kier alpha value is -2.56. The number of fused-ring (bicyclic) bond motifs is 1. The van der Waals surface area contributed by atoms with Crippen LogP contribution in [0.2, 0.25) is 0 Å². The molecule has 2 aromatic carbocycles. The van der Waals surface area contributed by atoms with Gasteiger partial charge in [-0.25, -0.2) is 16.8 Å². The summed E-state index contributed by atoms with van der Waals surface area (Å²) >= 11 is 1.18. The lowest BCUT2D eigenvalue weighted by molar-refractivity contribution is 0.340. The number of hydrogen-bond acceptors (Lipinski definition) is 6. The molecule has 0 aliphatic carbocycles. The predicted octanol–water partition coefficient (Wildman–Crippen LogP) is 4.09. The third kappa shape index (κ3) is 4.41. The van der Waals surface area contributed by atoms with Gasteiger partial charge in [0.25, 0.3) is 20.0 Å². The Kier molecular flexibility index (Phi) is 5.96. The molecule has 0 amide bonds. The first kappa shape index (κ1) is 21.7. The summed E-state index contributed by atoms with van der Waals surface area (Å²) in [5.41, 5.74) is 1.77. The fraction of sp³-hybridized carbons (Fsp3) is 0.238.